The van der Waals surface area contributed by atoms with Crippen LogP contribution in [0.4, 0.5) is 11.6 Å². The minimum absolute atomic E-state index is 0.122. The second-order valence-corrected chi connectivity index (χ2v) is 6.17. The molecule has 2 aromatic carbocycles. The highest BCUT2D eigenvalue weighted by molar-refractivity contribution is 6.22. The smallest absolute Gasteiger partial charge is 0.255 e. The maximum Gasteiger partial charge on any atom is 0.255 e. The van der Waals surface area contributed by atoms with Crippen molar-refractivity contribution in [2.45, 2.75) is 0 Å². The van der Waals surface area contributed by atoms with Crippen LogP contribution in [-0.4, -0.2) is 32.5 Å². The summed E-state index contributed by atoms with van der Waals surface area (Å²) < 4.78 is 6.44. The number of hydrogen-bond donors (Lipinski definition) is 1. The monoisotopic (exact) mass is 368 g/mol. The molecule has 8 heteroatoms. The van der Waals surface area contributed by atoms with Crippen LogP contribution in [0.3, 0.4) is 0 Å². The average Bonchev–Trinajstić information content (AvgIpc) is 3.26. The van der Waals surface area contributed by atoms with E-state index in [1.54, 1.807) is 31.4 Å². The van der Waals surface area contributed by atoms with E-state index < -0.39 is 0 Å². The fourth-order valence-electron chi connectivity index (χ4n) is 3.29. The van der Waals surface area contributed by atoms with Crippen molar-refractivity contribution in [3.05, 3.63) is 65.4 Å². The Labute approximate surface area is 159 Å². The van der Waals surface area contributed by atoms with Gasteiger partial charge in [-0.3, -0.25) is 4.79 Å². The van der Waals surface area contributed by atoms with Gasteiger partial charge >= 0.3 is 0 Å². The molecule has 0 saturated heterocycles. The minimum Gasteiger partial charge on any atom is -0.497 e. The molecule has 0 unspecified atom stereocenters. The van der Waals surface area contributed by atoms with Crippen molar-refractivity contribution in [1.82, 2.24) is 19.6 Å². The van der Waals surface area contributed by atoms with Crippen molar-refractivity contribution < 1.29 is 9.53 Å². The first-order valence-corrected chi connectivity index (χ1v) is 8.45. The molecule has 0 fully saturated rings. The topological polar surface area (TPSA) is 105 Å². The lowest BCUT2D eigenvalue weighted by Gasteiger charge is -2.03. The number of hydrogen-bond acceptors (Lipinski definition) is 7. The van der Waals surface area contributed by atoms with Crippen LogP contribution in [0.25, 0.3) is 17.0 Å². The van der Waals surface area contributed by atoms with Crippen LogP contribution in [0, 0.1) is 11.3 Å². The van der Waals surface area contributed by atoms with Gasteiger partial charge in [-0.2, -0.15) is 14.8 Å². The van der Waals surface area contributed by atoms with Crippen molar-refractivity contribution in [2.24, 2.45) is 0 Å². The molecule has 8 nitrogen and oxygen atoms in total. The summed E-state index contributed by atoms with van der Waals surface area (Å²) in [7, 11) is 1.60. The zero-order chi connectivity index (χ0) is 19.3. The summed E-state index contributed by atoms with van der Waals surface area (Å²) in [6.45, 7) is 0. The van der Waals surface area contributed by atoms with Crippen LogP contribution in [0.5, 0.6) is 5.75 Å². The number of nitrogens with one attached hydrogen (secondary N) is 1. The number of rotatable bonds is 3. The van der Waals surface area contributed by atoms with Crippen LogP contribution >= 0.6 is 0 Å². The highest BCUT2D eigenvalue weighted by Gasteiger charge is 2.33. The zero-order valence-corrected chi connectivity index (χ0v) is 14.7. The lowest BCUT2D eigenvalue weighted by molar-refractivity contribution is 0.104. The van der Waals surface area contributed by atoms with E-state index in [0.717, 1.165) is 11.4 Å². The number of nitriles is 1. The highest BCUT2D eigenvalue weighted by Crippen LogP contribution is 2.36. The van der Waals surface area contributed by atoms with Gasteiger partial charge in [0.15, 0.2) is 11.5 Å². The van der Waals surface area contributed by atoms with E-state index in [1.807, 2.05) is 24.3 Å². The Morgan fingerprint density at radius 2 is 1.82 bits per heavy atom. The third-order valence-electron chi connectivity index (χ3n) is 4.59. The first kappa shape index (κ1) is 16.0. The molecule has 4 aromatic rings. The predicted octanol–water partition coefficient (Wildman–Crippen LogP) is 2.96. The Bertz CT molecular complexity index is 1300. The molecule has 28 heavy (non-hydrogen) atoms. The number of ether oxygens (including phenoxy) is 1. The molecule has 0 atom stereocenters. The highest BCUT2D eigenvalue weighted by atomic mass is 16.5. The normalized spacial score (nSPS) is 11.8. The number of fused-ring (bicyclic) bond motifs is 4. The molecule has 134 valence electrons. The SMILES string of the molecule is COc1ccc(Nc2nc3nc4c(c(C#N)n3n2)C(=O)c2ccccc2-4)cc1. The van der Waals surface area contributed by atoms with Crippen LogP contribution in [-0.2, 0) is 0 Å². The summed E-state index contributed by atoms with van der Waals surface area (Å²) in [6.07, 6.45) is 0. The summed E-state index contributed by atoms with van der Waals surface area (Å²) >= 11 is 0. The Kier molecular flexibility index (Phi) is 3.36. The summed E-state index contributed by atoms with van der Waals surface area (Å²) in [6, 6.07) is 16.5. The van der Waals surface area contributed by atoms with Crippen LogP contribution in [0.15, 0.2) is 48.5 Å². The lowest BCUT2D eigenvalue weighted by Crippen LogP contribution is -2.07. The summed E-state index contributed by atoms with van der Waals surface area (Å²) in [5, 5.41) is 17.1. The van der Waals surface area contributed by atoms with Crippen molar-refractivity contribution in [3.8, 4) is 23.1 Å². The van der Waals surface area contributed by atoms with Crippen LogP contribution < -0.4 is 10.1 Å². The molecule has 2 heterocycles. The van der Waals surface area contributed by atoms with Gasteiger partial charge in [0, 0.05) is 16.8 Å². The summed E-state index contributed by atoms with van der Waals surface area (Å²) in [5.41, 5.74) is 2.84. The Hall–Kier alpha value is -4.25. The molecule has 0 aliphatic heterocycles. The van der Waals surface area contributed by atoms with E-state index in [2.05, 4.69) is 26.5 Å². The van der Waals surface area contributed by atoms with Gasteiger partial charge in [-0.25, -0.2) is 4.98 Å². The third kappa shape index (κ3) is 2.23. The third-order valence-corrected chi connectivity index (χ3v) is 4.59. The fraction of sp³-hybridized carbons (Fsp3) is 0.0500. The zero-order valence-electron chi connectivity index (χ0n) is 14.7. The molecular weight excluding hydrogens is 356 g/mol. The standard InChI is InChI=1S/C20H12N6O2/c1-28-12-8-6-11(7-9-12)22-19-24-20-23-17-13-4-2-3-5-14(13)18(27)16(17)15(10-21)26(20)25-19/h2-9H,1H3,(H,22,25). The molecule has 0 amide bonds. The van der Waals surface area contributed by atoms with E-state index in [4.69, 9.17) is 4.74 Å². The second-order valence-electron chi connectivity index (χ2n) is 6.17. The maximum atomic E-state index is 12.8. The number of carbonyl (C=O) groups excluding carboxylic acids is 1. The van der Waals surface area contributed by atoms with E-state index in [1.165, 1.54) is 4.52 Å². The van der Waals surface area contributed by atoms with Crippen LogP contribution in [0.2, 0.25) is 0 Å². The minimum atomic E-state index is -0.225. The van der Waals surface area contributed by atoms with Crippen molar-refractivity contribution >= 4 is 23.2 Å². The molecule has 1 aliphatic carbocycles. The number of benzene rings is 2. The Balaban J connectivity index is 1.63. The van der Waals surface area contributed by atoms with Crippen molar-refractivity contribution in [2.75, 3.05) is 12.4 Å². The molecule has 1 N–H and O–H groups in total. The van der Waals surface area contributed by atoms with Gasteiger partial charge in [-0.05, 0) is 24.3 Å². The van der Waals surface area contributed by atoms with E-state index >= 15 is 0 Å². The van der Waals surface area contributed by atoms with E-state index in [9.17, 15) is 10.1 Å². The van der Waals surface area contributed by atoms with Crippen LogP contribution in [0.1, 0.15) is 21.6 Å². The predicted molar refractivity (Wildman–Crippen MR) is 101 cm³/mol. The van der Waals surface area contributed by atoms with Gasteiger partial charge < -0.3 is 10.1 Å². The van der Waals surface area contributed by atoms with Crippen molar-refractivity contribution in [3.63, 3.8) is 0 Å². The Morgan fingerprint density at radius 3 is 2.54 bits per heavy atom. The van der Waals surface area contributed by atoms with Gasteiger partial charge in [0.25, 0.3) is 5.78 Å². The molecule has 5 rings (SSSR count). The quantitative estimate of drug-likeness (QED) is 0.522. The fourth-order valence-corrected chi connectivity index (χ4v) is 3.29. The average molecular weight is 368 g/mol. The summed E-state index contributed by atoms with van der Waals surface area (Å²) in [4.78, 5) is 21.7. The van der Waals surface area contributed by atoms with E-state index in [0.29, 0.717) is 16.8 Å². The Morgan fingerprint density at radius 1 is 1.07 bits per heavy atom. The number of ketones is 1. The molecule has 0 spiro atoms. The van der Waals surface area contributed by atoms with Gasteiger partial charge in [-0.15, -0.1) is 5.10 Å². The van der Waals surface area contributed by atoms with Gasteiger partial charge in [0.05, 0.1) is 18.4 Å². The van der Waals surface area contributed by atoms with E-state index in [-0.39, 0.29) is 28.8 Å². The van der Waals surface area contributed by atoms with Gasteiger partial charge in [-0.1, -0.05) is 24.3 Å². The maximum absolute atomic E-state index is 12.8. The van der Waals surface area contributed by atoms with Gasteiger partial charge in [0.1, 0.15) is 11.8 Å². The molecular formula is C20H12N6O2. The molecule has 0 saturated carbocycles. The first-order chi connectivity index (χ1) is 13.7. The lowest BCUT2D eigenvalue weighted by atomic mass is 10.1. The number of nitrogens with zero attached hydrogens (tertiary/aromatic N) is 5. The number of methoxy groups -OCH3 is 1. The first-order valence-electron chi connectivity index (χ1n) is 8.45. The second kappa shape index (κ2) is 5.89. The molecule has 0 bridgehead atoms. The number of carbonyl (C=O) groups is 1. The molecule has 1 aliphatic rings. The number of aromatic nitrogens is 4. The summed E-state index contributed by atoms with van der Waals surface area (Å²) in [5.74, 6) is 1.03. The van der Waals surface area contributed by atoms with Crippen molar-refractivity contribution in [1.29, 1.82) is 5.26 Å². The molecule has 2 aromatic heterocycles. The largest absolute Gasteiger partial charge is 0.497 e. The molecule has 0 radical (unpaired) electrons. The van der Waals surface area contributed by atoms with Gasteiger partial charge in [0.2, 0.25) is 5.95 Å². The number of anilines is 2.